The molecule has 0 unspecified atom stereocenters. The highest BCUT2D eigenvalue weighted by Gasteiger charge is 2.26. The van der Waals surface area contributed by atoms with Crippen LogP contribution in [0.1, 0.15) is 34.3 Å². The molecule has 4 rings (SSSR count). The molecule has 0 radical (unpaired) electrons. The Balaban J connectivity index is 1.66. The van der Waals surface area contributed by atoms with Crippen LogP contribution in [-0.4, -0.2) is 27.3 Å². The van der Waals surface area contributed by atoms with E-state index in [-0.39, 0.29) is 12.3 Å². The van der Waals surface area contributed by atoms with E-state index in [1.54, 1.807) is 0 Å². The maximum atomic E-state index is 11.3. The quantitative estimate of drug-likeness (QED) is 0.755. The Kier molecular flexibility index (Phi) is 4.62. The Morgan fingerprint density at radius 3 is 2.93 bits per heavy atom. The number of hydrogen-bond donors (Lipinski definition) is 1. The van der Waals surface area contributed by atoms with Crippen molar-refractivity contribution in [2.24, 2.45) is 5.73 Å². The second kappa shape index (κ2) is 7.23. The van der Waals surface area contributed by atoms with Gasteiger partial charge in [0.05, 0.1) is 25.5 Å². The highest BCUT2D eigenvalue weighted by molar-refractivity contribution is 5.75. The van der Waals surface area contributed by atoms with Crippen molar-refractivity contribution >= 4 is 5.91 Å². The van der Waals surface area contributed by atoms with E-state index < -0.39 is 5.91 Å². The van der Waals surface area contributed by atoms with E-state index in [1.165, 1.54) is 5.56 Å². The van der Waals surface area contributed by atoms with Crippen LogP contribution >= 0.6 is 0 Å². The molecule has 138 valence electrons. The van der Waals surface area contributed by atoms with E-state index in [4.69, 9.17) is 10.5 Å². The second-order valence-electron chi connectivity index (χ2n) is 7.00. The smallest absolute Gasteiger partial charge is 0.225 e. The maximum absolute atomic E-state index is 11.3. The van der Waals surface area contributed by atoms with Crippen LogP contribution in [0.15, 0.2) is 48.5 Å². The minimum atomic E-state index is -0.431. The molecule has 1 aliphatic heterocycles. The summed E-state index contributed by atoms with van der Waals surface area (Å²) in [6.45, 7) is 3.20. The van der Waals surface area contributed by atoms with Crippen LogP contribution in [0.3, 0.4) is 0 Å². The van der Waals surface area contributed by atoms with Gasteiger partial charge in [-0.25, -0.2) is 9.67 Å². The predicted octanol–water partition coefficient (Wildman–Crippen LogP) is 2.38. The van der Waals surface area contributed by atoms with Gasteiger partial charge in [0.2, 0.25) is 5.91 Å². The fourth-order valence-corrected chi connectivity index (χ4v) is 3.53. The van der Waals surface area contributed by atoms with Crippen molar-refractivity contribution in [2.45, 2.75) is 32.2 Å². The zero-order valence-corrected chi connectivity index (χ0v) is 15.3. The first-order valence-electron chi connectivity index (χ1n) is 9.06. The Labute approximate surface area is 158 Å². The van der Waals surface area contributed by atoms with Crippen molar-refractivity contribution in [3.05, 3.63) is 76.9 Å². The molecule has 1 aromatic heterocycles. The van der Waals surface area contributed by atoms with E-state index in [2.05, 4.69) is 41.3 Å². The Morgan fingerprint density at radius 1 is 1.26 bits per heavy atom. The molecule has 1 atom stereocenters. The monoisotopic (exact) mass is 362 g/mol. The number of amides is 1. The molecular formula is C21H22N4O2. The first-order chi connectivity index (χ1) is 13.1. The van der Waals surface area contributed by atoms with Gasteiger partial charge in [-0.2, -0.15) is 5.10 Å². The fourth-order valence-electron chi connectivity index (χ4n) is 3.53. The van der Waals surface area contributed by atoms with Crippen molar-refractivity contribution < 1.29 is 9.53 Å². The van der Waals surface area contributed by atoms with Gasteiger partial charge in [-0.05, 0) is 30.5 Å². The number of benzene rings is 2. The van der Waals surface area contributed by atoms with E-state index in [1.807, 2.05) is 28.9 Å². The summed E-state index contributed by atoms with van der Waals surface area (Å²) in [4.78, 5) is 16.0. The van der Waals surface area contributed by atoms with Gasteiger partial charge in [0.1, 0.15) is 11.6 Å². The maximum Gasteiger partial charge on any atom is 0.225 e. The number of aromatic nitrogens is 3. The number of para-hydroxylation sites is 1. The molecule has 0 saturated heterocycles. The first-order valence-corrected chi connectivity index (χ1v) is 9.06. The van der Waals surface area contributed by atoms with Crippen molar-refractivity contribution in [2.75, 3.05) is 6.61 Å². The zero-order valence-electron chi connectivity index (χ0n) is 15.3. The van der Waals surface area contributed by atoms with Gasteiger partial charge < -0.3 is 10.5 Å². The number of aryl methyl sites for hydroxylation is 1. The summed E-state index contributed by atoms with van der Waals surface area (Å²) in [5.41, 5.74) is 8.85. The van der Waals surface area contributed by atoms with Gasteiger partial charge >= 0.3 is 0 Å². The summed E-state index contributed by atoms with van der Waals surface area (Å²) in [6, 6.07) is 16.4. The van der Waals surface area contributed by atoms with Gasteiger partial charge in [-0.15, -0.1) is 0 Å². The van der Waals surface area contributed by atoms with E-state index >= 15 is 0 Å². The van der Waals surface area contributed by atoms with Gasteiger partial charge in [0, 0.05) is 0 Å². The number of carbonyl (C=O) groups is 1. The third kappa shape index (κ3) is 3.84. The summed E-state index contributed by atoms with van der Waals surface area (Å²) in [5, 5.41) is 4.56. The summed E-state index contributed by atoms with van der Waals surface area (Å²) >= 11 is 0. The van der Waals surface area contributed by atoms with E-state index in [0.717, 1.165) is 29.1 Å². The van der Waals surface area contributed by atoms with Crippen LogP contribution in [0, 0.1) is 6.92 Å². The molecule has 1 aliphatic rings. The fraction of sp³-hybridized carbons (Fsp3) is 0.286. The molecule has 2 heterocycles. The number of hydrogen-bond acceptors (Lipinski definition) is 4. The summed E-state index contributed by atoms with van der Waals surface area (Å²) in [6.07, 6.45) is 0.872. The lowest BCUT2D eigenvalue weighted by molar-refractivity contribution is -0.117. The summed E-state index contributed by atoms with van der Waals surface area (Å²) in [7, 11) is 0. The Hall–Kier alpha value is -3.15. The highest BCUT2D eigenvalue weighted by Crippen LogP contribution is 2.31. The average Bonchev–Trinajstić information content (AvgIpc) is 3.02. The van der Waals surface area contributed by atoms with Crippen molar-refractivity contribution in [1.82, 2.24) is 14.8 Å². The van der Waals surface area contributed by atoms with Crippen molar-refractivity contribution in [3.8, 4) is 5.75 Å². The van der Waals surface area contributed by atoms with Crippen LogP contribution in [0.5, 0.6) is 5.75 Å². The third-order valence-corrected chi connectivity index (χ3v) is 4.74. The number of carbonyl (C=O) groups excluding carboxylic acids is 1. The molecule has 0 fully saturated rings. The minimum absolute atomic E-state index is 0.0397. The second-order valence-corrected chi connectivity index (χ2v) is 7.00. The molecule has 0 spiro atoms. The van der Waals surface area contributed by atoms with Crippen molar-refractivity contribution in [1.29, 1.82) is 0 Å². The molecule has 2 aromatic carbocycles. The summed E-state index contributed by atoms with van der Waals surface area (Å²) in [5.74, 6) is 1.88. The Bertz CT molecular complexity index is 980. The number of primary amides is 1. The standard InChI is InChI=1S/C21H22N4O2/c1-14-5-4-6-15(9-14)12-25-21(23-20(24-25)11-19(22)26)17-10-16-7-2-3-8-18(16)27-13-17/h2-9,17H,10-13H2,1H3,(H2,22,26)/t17-/m0/s1. The number of ether oxygens (including phenoxy) is 1. The Morgan fingerprint density at radius 2 is 2.11 bits per heavy atom. The van der Waals surface area contributed by atoms with Gasteiger partial charge in [0.25, 0.3) is 0 Å². The molecule has 27 heavy (non-hydrogen) atoms. The molecule has 6 nitrogen and oxygen atoms in total. The van der Waals surface area contributed by atoms with Gasteiger partial charge in [-0.3, -0.25) is 4.79 Å². The van der Waals surface area contributed by atoms with Crippen LogP contribution in [0.4, 0.5) is 0 Å². The molecule has 0 aliphatic carbocycles. The molecule has 0 saturated carbocycles. The zero-order chi connectivity index (χ0) is 18.8. The highest BCUT2D eigenvalue weighted by atomic mass is 16.5. The number of fused-ring (bicyclic) bond motifs is 1. The van der Waals surface area contributed by atoms with Gasteiger partial charge in [0.15, 0.2) is 5.82 Å². The molecule has 3 aromatic rings. The number of nitrogens with zero attached hydrogens (tertiary/aromatic N) is 3. The summed E-state index contributed by atoms with van der Waals surface area (Å²) < 4.78 is 7.82. The lowest BCUT2D eigenvalue weighted by Gasteiger charge is -2.25. The normalized spacial score (nSPS) is 15.8. The number of nitrogens with two attached hydrogens (primary N) is 1. The largest absolute Gasteiger partial charge is 0.493 e. The molecule has 1 amide bonds. The molecule has 6 heteroatoms. The lowest BCUT2D eigenvalue weighted by atomic mass is 9.96. The lowest BCUT2D eigenvalue weighted by Crippen LogP contribution is -2.23. The SMILES string of the molecule is Cc1cccc(Cn2nc(CC(N)=O)nc2[C@@H]2COc3ccccc3C2)c1. The number of rotatable bonds is 5. The van der Waals surface area contributed by atoms with E-state index in [9.17, 15) is 4.79 Å². The van der Waals surface area contributed by atoms with Crippen LogP contribution in [0.25, 0.3) is 0 Å². The van der Waals surface area contributed by atoms with Crippen LogP contribution in [-0.2, 0) is 24.2 Å². The third-order valence-electron chi connectivity index (χ3n) is 4.74. The first kappa shape index (κ1) is 17.3. The topological polar surface area (TPSA) is 83.0 Å². The van der Waals surface area contributed by atoms with Crippen molar-refractivity contribution in [3.63, 3.8) is 0 Å². The minimum Gasteiger partial charge on any atom is -0.493 e. The molecule has 2 N–H and O–H groups in total. The van der Waals surface area contributed by atoms with Crippen LogP contribution < -0.4 is 10.5 Å². The molecule has 0 bridgehead atoms. The molecular weight excluding hydrogens is 340 g/mol. The average molecular weight is 362 g/mol. The van der Waals surface area contributed by atoms with Crippen LogP contribution in [0.2, 0.25) is 0 Å². The van der Waals surface area contributed by atoms with E-state index in [0.29, 0.717) is 19.0 Å². The van der Waals surface area contributed by atoms with Gasteiger partial charge in [-0.1, -0.05) is 48.0 Å². The predicted molar refractivity (Wildman–Crippen MR) is 102 cm³/mol.